The monoisotopic (exact) mass is 309 g/mol. The fourth-order valence-electron chi connectivity index (χ4n) is 1.89. The SMILES string of the molecule is C/C=N\c1c(NCC(=O)NC(C)(C)C)c(=O)n(C)c(=O)n1C. The zero-order valence-electron chi connectivity index (χ0n) is 13.9. The minimum absolute atomic E-state index is 0.0864. The third-order valence-corrected chi connectivity index (χ3v) is 2.83. The van der Waals surface area contributed by atoms with Gasteiger partial charge in [-0.1, -0.05) is 0 Å². The maximum atomic E-state index is 12.2. The first-order chi connectivity index (χ1) is 10.1. The van der Waals surface area contributed by atoms with Gasteiger partial charge < -0.3 is 10.6 Å². The highest BCUT2D eigenvalue weighted by Crippen LogP contribution is 2.17. The van der Waals surface area contributed by atoms with Crippen molar-refractivity contribution in [3.8, 4) is 0 Å². The van der Waals surface area contributed by atoms with Crippen molar-refractivity contribution in [1.29, 1.82) is 0 Å². The molecule has 2 N–H and O–H groups in total. The Kier molecular flexibility index (Phi) is 5.29. The molecule has 0 saturated carbocycles. The molecule has 0 bridgehead atoms. The number of nitrogens with zero attached hydrogens (tertiary/aromatic N) is 3. The number of amides is 1. The molecule has 1 rings (SSSR count). The van der Waals surface area contributed by atoms with Crippen molar-refractivity contribution in [2.24, 2.45) is 19.1 Å². The van der Waals surface area contributed by atoms with Gasteiger partial charge in [0.2, 0.25) is 5.91 Å². The van der Waals surface area contributed by atoms with Gasteiger partial charge >= 0.3 is 5.69 Å². The average Bonchev–Trinajstić information content (AvgIpc) is 2.40. The Morgan fingerprint density at radius 1 is 1.23 bits per heavy atom. The van der Waals surface area contributed by atoms with Gasteiger partial charge in [0.15, 0.2) is 5.82 Å². The van der Waals surface area contributed by atoms with Gasteiger partial charge in [-0.3, -0.25) is 18.7 Å². The summed E-state index contributed by atoms with van der Waals surface area (Å²) in [5.41, 5.74) is -1.24. The number of hydrogen-bond donors (Lipinski definition) is 2. The number of aliphatic imine (C=N–C) groups is 1. The Bertz CT molecular complexity index is 707. The summed E-state index contributed by atoms with van der Waals surface area (Å²) in [5.74, 6) is -0.0611. The summed E-state index contributed by atoms with van der Waals surface area (Å²) in [6.45, 7) is 7.18. The van der Waals surface area contributed by atoms with Crippen LogP contribution in [0.5, 0.6) is 0 Å². The van der Waals surface area contributed by atoms with Gasteiger partial charge in [0, 0.05) is 25.8 Å². The summed E-state index contributed by atoms with van der Waals surface area (Å²) in [7, 11) is 2.90. The molecule has 0 aliphatic rings. The minimum Gasteiger partial charge on any atom is -0.369 e. The number of hydrogen-bond acceptors (Lipinski definition) is 5. The Labute approximate surface area is 128 Å². The van der Waals surface area contributed by atoms with Crippen LogP contribution in [0.3, 0.4) is 0 Å². The average molecular weight is 309 g/mol. The van der Waals surface area contributed by atoms with E-state index in [4.69, 9.17) is 0 Å². The first-order valence-electron chi connectivity index (χ1n) is 6.92. The molecule has 0 radical (unpaired) electrons. The van der Waals surface area contributed by atoms with Gasteiger partial charge in [0.1, 0.15) is 5.69 Å². The van der Waals surface area contributed by atoms with E-state index in [9.17, 15) is 14.4 Å². The van der Waals surface area contributed by atoms with E-state index in [1.165, 1.54) is 24.9 Å². The normalized spacial score (nSPS) is 11.7. The summed E-state index contributed by atoms with van der Waals surface area (Å²) in [6.07, 6.45) is 1.48. The van der Waals surface area contributed by atoms with Crippen molar-refractivity contribution >= 4 is 23.6 Å². The lowest BCUT2D eigenvalue weighted by atomic mass is 10.1. The van der Waals surface area contributed by atoms with E-state index in [-0.39, 0.29) is 29.5 Å². The van der Waals surface area contributed by atoms with Crippen LogP contribution in [0.25, 0.3) is 0 Å². The van der Waals surface area contributed by atoms with Gasteiger partial charge in [0.25, 0.3) is 5.56 Å². The zero-order valence-corrected chi connectivity index (χ0v) is 13.9. The molecule has 0 aliphatic carbocycles. The van der Waals surface area contributed by atoms with Crippen molar-refractivity contribution in [3.63, 3.8) is 0 Å². The zero-order chi connectivity index (χ0) is 17.1. The maximum Gasteiger partial charge on any atom is 0.332 e. The number of nitrogens with one attached hydrogen (secondary N) is 2. The van der Waals surface area contributed by atoms with E-state index >= 15 is 0 Å². The smallest absolute Gasteiger partial charge is 0.332 e. The lowest BCUT2D eigenvalue weighted by Crippen LogP contribution is -2.44. The lowest BCUT2D eigenvalue weighted by molar-refractivity contribution is -0.120. The second-order valence-electron chi connectivity index (χ2n) is 5.94. The van der Waals surface area contributed by atoms with Gasteiger partial charge in [-0.2, -0.15) is 0 Å². The molecule has 8 nitrogen and oxygen atoms in total. The summed E-state index contributed by atoms with van der Waals surface area (Å²) >= 11 is 0. The molecule has 122 valence electrons. The second kappa shape index (κ2) is 6.59. The van der Waals surface area contributed by atoms with Crippen LogP contribution in [0.1, 0.15) is 27.7 Å². The molecule has 0 aromatic carbocycles. The number of rotatable bonds is 4. The molecule has 1 heterocycles. The fraction of sp³-hybridized carbons (Fsp3) is 0.571. The predicted octanol–water partition coefficient (Wildman–Crippen LogP) is 0.133. The Hall–Kier alpha value is -2.38. The van der Waals surface area contributed by atoms with Crippen molar-refractivity contribution in [1.82, 2.24) is 14.5 Å². The number of carbonyl (C=O) groups is 1. The van der Waals surface area contributed by atoms with Crippen molar-refractivity contribution in [2.75, 3.05) is 11.9 Å². The van der Waals surface area contributed by atoms with E-state index < -0.39 is 11.2 Å². The fourth-order valence-corrected chi connectivity index (χ4v) is 1.89. The van der Waals surface area contributed by atoms with E-state index in [0.717, 1.165) is 4.57 Å². The van der Waals surface area contributed by atoms with Crippen LogP contribution in [-0.2, 0) is 18.9 Å². The van der Waals surface area contributed by atoms with Gasteiger partial charge in [0.05, 0.1) is 6.54 Å². The van der Waals surface area contributed by atoms with Gasteiger partial charge in [-0.05, 0) is 27.7 Å². The van der Waals surface area contributed by atoms with E-state index in [0.29, 0.717) is 0 Å². The predicted molar refractivity (Wildman–Crippen MR) is 87.1 cm³/mol. The summed E-state index contributed by atoms with van der Waals surface area (Å²) in [5, 5.41) is 5.56. The van der Waals surface area contributed by atoms with Crippen LogP contribution < -0.4 is 21.9 Å². The molecule has 1 amide bonds. The molecule has 22 heavy (non-hydrogen) atoms. The van der Waals surface area contributed by atoms with Crippen LogP contribution in [0, 0.1) is 0 Å². The van der Waals surface area contributed by atoms with Crippen molar-refractivity contribution < 1.29 is 4.79 Å². The van der Waals surface area contributed by atoms with Crippen LogP contribution in [0.15, 0.2) is 14.6 Å². The lowest BCUT2D eigenvalue weighted by Gasteiger charge is -2.21. The van der Waals surface area contributed by atoms with Crippen LogP contribution in [-0.4, -0.2) is 33.3 Å². The molecule has 0 aliphatic heterocycles. The highest BCUT2D eigenvalue weighted by molar-refractivity contribution is 5.82. The summed E-state index contributed by atoms with van der Waals surface area (Å²) in [6, 6.07) is 0. The first-order valence-corrected chi connectivity index (χ1v) is 6.92. The van der Waals surface area contributed by atoms with Crippen LogP contribution in [0.2, 0.25) is 0 Å². The Morgan fingerprint density at radius 2 is 1.82 bits per heavy atom. The van der Waals surface area contributed by atoms with E-state index in [1.807, 2.05) is 20.8 Å². The quantitative estimate of drug-likeness (QED) is 0.773. The van der Waals surface area contributed by atoms with E-state index in [2.05, 4.69) is 15.6 Å². The van der Waals surface area contributed by atoms with Crippen molar-refractivity contribution in [3.05, 3.63) is 20.8 Å². The van der Waals surface area contributed by atoms with Gasteiger partial charge in [-0.15, -0.1) is 0 Å². The minimum atomic E-state index is -0.521. The molecule has 0 unspecified atom stereocenters. The third kappa shape index (κ3) is 4.06. The highest BCUT2D eigenvalue weighted by Gasteiger charge is 2.17. The van der Waals surface area contributed by atoms with Gasteiger partial charge in [-0.25, -0.2) is 9.79 Å². The third-order valence-electron chi connectivity index (χ3n) is 2.83. The van der Waals surface area contributed by atoms with Crippen LogP contribution in [0.4, 0.5) is 11.5 Å². The molecular weight excluding hydrogens is 286 g/mol. The largest absolute Gasteiger partial charge is 0.369 e. The molecular formula is C14H23N5O3. The number of aromatic nitrogens is 2. The second-order valence-corrected chi connectivity index (χ2v) is 5.94. The van der Waals surface area contributed by atoms with Crippen molar-refractivity contribution in [2.45, 2.75) is 33.2 Å². The standard InChI is InChI=1S/C14H23N5O3/c1-7-15-11-10(12(21)19(6)13(22)18(11)5)16-8-9(20)17-14(2,3)4/h7,16H,8H2,1-6H3,(H,17,20)/b15-7-. The maximum absolute atomic E-state index is 12.2. The molecule has 0 saturated heterocycles. The molecule has 0 atom stereocenters. The topological polar surface area (TPSA) is 97.5 Å². The molecule has 1 aromatic heterocycles. The highest BCUT2D eigenvalue weighted by atomic mass is 16.2. The summed E-state index contributed by atoms with van der Waals surface area (Å²) in [4.78, 5) is 40.0. The Balaban J connectivity index is 3.17. The molecule has 0 fully saturated rings. The van der Waals surface area contributed by atoms with E-state index in [1.54, 1.807) is 6.92 Å². The number of carbonyl (C=O) groups excluding carboxylic acids is 1. The molecule has 0 spiro atoms. The first kappa shape index (κ1) is 17.7. The molecule has 1 aromatic rings. The van der Waals surface area contributed by atoms with Crippen LogP contribution >= 0.6 is 0 Å². The molecule has 8 heteroatoms. The number of anilines is 1. The Morgan fingerprint density at radius 3 is 2.32 bits per heavy atom. The summed E-state index contributed by atoms with van der Waals surface area (Å²) < 4.78 is 2.23.